The van der Waals surface area contributed by atoms with Crippen molar-refractivity contribution in [2.24, 2.45) is 0 Å². The molecular formula is C17H26N2O. The monoisotopic (exact) mass is 274 g/mol. The quantitative estimate of drug-likeness (QED) is 0.836. The normalized spacial score (nSPS) is 17.8. The molecule has 1 aromatic carbocycles. The van der Waals surface area contributed by atoms with E-state index in [9.17, 15) is 0 Å². The molecule has 0 radical (unpaired) electrons. The van der Waals surface area contributed by atoms with E-state index in [0.29, 0.717) is 6.04 Å². The minimum atomic E-state index is 0.431. The topological polar surface area (TPSA) is 24.5 Å². The van der Waals surface area contributed by atoms with Crippen LogP contribution in [0.4, 0.5) is 0 Å². The largest absolute Gasteiger partial charge is 0.497 e. The van der Waals surface area contributed by atoms with Gasteiger partial charge >= 0.3 is 0 Å². The second-order valence-electron chi connectivity index (χ2n) is 5.69. The molecule has 3 nitrogen and oxygen atoms in total. The molecule has 110 valence electrons. The van der Waals surface area contributed by atoms with E-state index in [2.05, 4.69) is 48.8 Å². The second-order valence-corrected chi connectivity index (χ2v) is 5.69. The number of aryl methyl sites for hydroxylation is 1. The van der Waals surface area contributed by atoms with Gasteiger partial charge in [-0.1, -0.05) is 11.6 Å². The number of nitrogens with zero attached hydrogens (tertiary/aromatic N) is 1. The molecule has 0 spiro atoms. The van der Waals surface area contributed by atoms with Gasteiger partial charge in [-0.15, -0.1) is 6.58 Å². The van der Waals surface area contributed by atoms with E-state index >= 15 is 0 Å². The predicted molar refractivity (Wildman–Crippen MR) is 84.3 cm³/mol. The Bertz CT molecular complexity index is 464. The van der Waals surface area contributed by atoms with Gasteiger partial charge < -0.3 is 10.1 Å². The molecule has 0 bridgehead atoms. The fourth-order valence-electron chi connectivity index (χ4n) is 2.91. The lowest BCUT2D eigenvalue weighted by molar-refractivity contribution is 0.172. The van der Waals surface area contributed by atoms with Crippen molar-refractivity contribution in [3.8, 4) is 5.75 Å². The number of piperazine rings is 1. The van der Waals surface area contributed by atoms with E-state index in [0.717, 1.165) is 38.3 Å². The highest BCUT2D eigenvalue weighted by Gasteiger charge is 2.23. The predicted octanol–water partition coefficient (Wildman–Crippen LogP) is 2.92. The molecule has 1 atom stereocenters. The Morgan fingerprint density at radius 3 is 2.65 bits per heavy atom. The number of ether oxygens (including phenoxy) is 1. The average molecular weight is 274 g/mol. The summed E-state index contributed by atoms with van der Waals surface area (Å²) >= 11 is 0. The van der Waals surface area contributed by atoms with Crippen LogP contribution in [-0.2, 0) is 0 Å². The molecule has 1 heterocycles. The lowest BCUT2D eigenvalue weighted by Crippen LogP contribution is -2.45. The molecule has 1 aromatic rings. The molecule has 0 amide bonds. The summed E-state index contributed by atoms with van der Waals surface area (Å²) in [6.45, 7) is 12.7. The average Bonchev–Trinajstić information content (AvgIpc) is 2.45. The van der Waals surface area contributed by atoms with Crippen LogP contribution >= 0.6 is 0 Å². The number of rotatable bonds is 5. The Morgan fingerprint density at radius 1 is 1.40 bits per heavy atom. The molecule has 1 saturated heterocycles. The minimum Gasteiger partial charge on any atom is -0.497 e. The number of hydrogen-bond acceptors (Lipinski definition) is 3. The fraction of sp³-hybridized carbons (Fsp3) is 0.529. The third-order valence-corrected chi connectivity index (χ3v) is 3.97. The first-order chi connectivity index (χ1) is 9.61. The van der Waals surface area contributed by atoms with Crippen molar-refractivity contribution in [2.45, 2.75) is 26.3 Å². The molecule has 1 N–H and O–H groups in total. The van der Waals surface area contributed by atoms with Crippen LogP contribution in [0.1, 0.15) is 30.5 Å². The van der Waals surface area contributed by atoms with Crippen molar-refractivity contribution in [3.05, 3.63) is 41.5 Å². The molecule has 1 fully saturated rings. The van der Waals surface area contributed by atoms with Gasteiger partial charge in [0.05, 0.1) is 7.11 Å². The maximum atomic E-state index is 5.32. The third-order valence-electron chi connectivity index (χ3n) is 3.97. The van der Waals surface area contributed by atoms with Gasteiger partial charge in [0.15, 0.2) is 0 Å². The van der Waals surface area contributed by atoms with E-state index in [-0.39, 0.29) is 0 Å². The molecule has 1 aliphatic rings. The van der Waals surface area contributed by atoms with Crippen LogP contribution in [-0.4, -0.2) is 38.2 Å². The fourth-order valence-corrected chi connectivity index (χ4v) is 2.91. The highest BCUT2D eigenvalue weighted by molar-refractivity contribution is 5.37. The molecule has 20 heavy (non-hydrogen) atoms. The highest BCUT2D eigenvalue weighted by Crippen LogP contribution is 2.31. The van der Waals surface area contributed by atoms with Crippen molar-refractivity contribution in [1.29, 1.82) is 0 Å². The van der Waals surface area contributed by atoms with Crippen LogP contribution in [0, 0.1) is 6.92 Å². The minimum absolute atomic E-state index is 0.431. The van der Waals surface area contributed by atoms with Crippen LogP contribution in [0.15, 0.2) is 30.4 Å². The van der Waals surface area contributed by atoms with Gasteiger partial charge in [0.2, 0.25) is 0 Å². The Morgan fingerprint density at radius 2 is 2.10 bits per heavy atom. The number of hydrogen-bond donors (Lipinski definition) is 1. The molecule has 2 rings (SSSR count). The standard InChI is InChI=1S/C17H26N2O/c1-13(2)11-17(19-9-7-18-8-10-19)16-6-5-15(20-4)12-14(16)3/h5-6,12,17-18H,1,7-11H2,2-4H3/t17-/m0/s1. The smallest absolute Gasteiger partial charge is 0.119 e. The summed E-state index contributed by atoms with van der Waals surface area (Å²) in [5, 5.41) is 3.42. The lowest BCUT2D eigenvalue weighted by Gasteiger charge is -2.36. The van der Waals surface area contributed by atoms with Crippen LogP contribution in [0.2, 0.25) is 0 Å². The van der Waals surface area contributed by atoms with E-state index in [4.69, 9.17) is 4.74 Å². The molecule has 0 unspecified atom stereocenters. The third kappa shape index (κ3) is 3.62. The van der Waals surface area contributed by atoms with Gasteiger partial charge in [-0.2, -0.15) is 0 Å². The van der Waals surface area contributed by atoms with Crippen LogP contribution in [0.5, 0.6) is 5.75 Å². The number of nitrogens with one attached hydrogen (secondary N) is 1. The maximum Gasteiger partial charge on any atom is 0.119 e. The van der Waals surface area contributed by atoms with Gasteiger partial charge in [0, 0.05) is 32.2 Å². The Hall–Kier alpha value is -1.32. The molecule has 1 aliphatic heterocycles. The Labute approximate surface area is 122 Å². The van der Waals surface area contributed by atoms with E-state index in [1.54, 1.807) is 7.11 Å². The lowest BCUT2D eigenvalue weighted by atomic mass is 9.94. The number of benzene rings is 1. The van der Waals surface area contributed by atoms with E-state index in [1.165, 1.54) is 16.7 Å². The molecular weight excluding hydrogens is 248 g/mol. The first-order valence-electron chi connectivity index (χ1n) is 7.35. The zero-order valence-electron chi connectivity index (χ0n) is 12.9. The van der Waals surface area contributed by atoms with Gasteiger partial charge in [0.25, 0.3) is 0 Å². The first kappa shape index (κ1) is 15.1. The van der Waals surface area contributed by atoms with E-state index < -0.39 is 0 Å². The summed E-state index contributed by atoms with van der Waals surface area (Å²) in [4.78, 5) is 2.57. The molecule has 3 heteroatoms. The Balaban J connectivity index is 2.27. The second kappa shape index (κ2) is 6.91. The van der Waals surface area contributed by atoms with Crippen LogP contribution in [0.3, 0.4) is 0 Å². The van der Waals surface area contributed by atoms with Crippen LogP contribution < -0.4 is 10.1 Å². The van der Waals surface area contributed by atoms with E-state index in [1.807, 2.05) is 0 Å². The van der Waals surface area contributed by atoms with Gasteiger partial charge in [-0.25, -0.2) is 0 Å². The molecule has 0 aromatic heterocycles. The summed E-state index contributed by atoms with van der Waals surface area (Å²) in [5.74, 6) is 0.931. The highest BCUT2D eigenvalue weighted by atomic mass is 16.5. The Kier molecular flexibility index (Phi) is 5.21. The summed E-state index contributed by atoms with van der Waals surface area (Å²) in [6.07, 6.45) is 1.02. The summed E-state index contributed by atoms with van der Waals surface area (Å²) in [6, 6.07) is 6.84. The summed E-state index contributed by atoms with van der Waals surface area (Å²) in [7, 11) is 1.72. The SMILES string of the molecule is C=C(C)C[C@@H](c1ccc(OC)cc1C)N1CCNCC1. The summed E-state index contributed by atoms with van der Waals surface area (Å²) < 4.78 is 5.32. The molecule has 0 aliphatic carbocycles. The van der Waals surface area contributed by atoms with Gasteiger partial charge in [-0.3, -0.25) is 4.90 Å². The van der Waals surface area contributed by atoms with Gasteiger partial charge in [-0.05, 0) is 43.5 Å². The summed E-state index contributed by atoms with van der Waals surface area (Å²) in [5.41, 5.74) is 3.94. The zero-order chi connectivity index (χ0) is 14.5. The zero-order valence-corrected chi connectivity index (χ0v) is 12.9. The van der Waals surface area contributed by atoms with Crippen LogP contribution in [0.25, 0.3) is 0 Å². The maximum absolute atomic E-state index is 5.32. The number of methoxy groups -OCH3 is 1. The first-order valence-corrected chi connectivity index (χ1v) is 7.35. The van der Waals surface area contributed by atoms with Crippen molar-refractivity contribution in [1.82, 2.24) is 10.2 Å². The van der Waals surface area contributed by atoms with Crippen molar-refractivity contribution in [2.75, 3.05) is 33.3 Å². The van der Waals surface area contributed by atoms with Crippen molar-refractivity contribution in [3.63, 3.8) is 0 Å². The molecule has 0 saturated carbocycles. The van der Waals surface area contributed by atoms with Crippen molar-refractivity contribution < 1.29 is 4.74 Å². The van der Waals surface area contributed by atoms with Gasteiger partial charge in [0.1, 0.15) is 5.75 Å². The van der Waals surface area contributed by atoms with Crippen molar-refractivity contribution >= 4 is 0 Å².